The lowest BCUT2D eigenvalue weighted by Gasteiger charge is -2.56. The van der Waals surface area contributed by atoms with Crippen LogP contribution in [0.2, 0.25) is 0 Å². The third kappa shape index (κ3) is 4.25. The van der Waals surface area contributed by atoms with Crippen molar-refractivity contribution in [1.29, 1.82) is 0 Å². The number of amides is 1. The van der Waals surface area contributed by atoms with E-state index in [1.807, 2.05) is 47.4 Å². The number of thioether (sulfide) groups is 1. The average molecular weight is 545 g/mol. The third-order valence-corrected chi connectivity index (χ3v) is 9.32. The molecule has 0 bridgehead atoms. The zero-order valence-corrected chi connectivity index (χ0v) is 20.4. The van der Waals surface area contributed by atoms with Gasteiger partial charge >= 0.3 is 0 Å². The summed E-state index contributed by atoms with van der Waals surface area (Å²) >= 11 is 9.15. The minimum atomic E-state index is -0.519. The highest BCUT2D eigenvalue weighted by Crippen LogP contribution is 2.57. The van der Waals surface area contributed by atoms with Gasteiger partial charge in [0.1, 0.15) is 4.75 Å². The minimum Gasteiger partial charge on any atom is -0.302 e. The predicted octanol–water partition coefficient (Wildman–Crippen LogP) is 7.00. The van der Waals surface area contributed by atoms with Gasteiger partial charge in [-0.1, -0.05) is 111 Å². The summed E-state index contributed by atoms with van der Waals surface area (Å²) in [5.74, 6) is 0.995. The molecule has 0 saturated carbocycles. The van der Waals surface area contributed by atoms with Crippen LogP contribution in [0.15, 0.2) is 91.0 Å². The molecule has 1 aliphatic heterocycles. The Morgan fingerprint density at radius 1 is 0.900 bits per heavy atom. The minimum absolute atomic E-state index is 0.0126. The van der Waals surface area contributed by atoms with Crippen molar-refractivity contribution < 1.29 is 4.79 Å². The van der Waals surface area contributed by atoms with Crippen LogP contribution in [0.1, 0.15) is 23.6 Å². The van der Waals surface area contributed by atoms with E-state index in [9.17, 15) is 4.79 Å². The van der Waals surface area contributed by atoms with Crippen LogP contribution in [0, 0.1) is 0 Å². The number of carbonyl (C=O) groups is 1. The van der Waals surface area contributed by atoms with Crippen LogP contribution < -0.4 is 4.90 Å². The molecule has 0 radical (unpaired) electrons. The molecule has 0 spiro atoms. The molecule has 3 aromatic rings. The molecule has 1 fully saturated rings. The van der Waals surface area contributed by atoms with Crippen molar-refractivity contribution in [3.8, 4) is 0 Å². The molecule has 0 N–H and O–H groups in total. The summed E-state index contributed by atoms with van der Waals surface area (Å²) in [6.45, 7) is 0. The molecule has 30 heavy (non-hydrogen) atoms. The lowest BCUT2D eigenvalue weighted by Crippen LogP contribution is -2.67. The molecule has 1 heterocycles. The van der Waals surface area contributed by atoms with E-state index in [2.05, 4.69) is 80.4 Å². The number of benzene rings is 3. The summed E-state index contributed by atoms with van der Waals surface area (Å²) in [6, 6.07) is 30.8. The Morgan fingerprint density at radius 2 is 1.47 bits per heavy atom. The van der Waals surface area contributed by atoms with Crippen LogP contribution in [-0.2, 0) is 10.5 Å². The standard InChI is InChI=1S/C25H23Br2NOS/c26-17-21(27)16-25(30-18-19-10-4-1-5-11-19)23(20-12-6-2-7-13-20)28(24(25)29)22-14-8-3-9-15-22/h1-15,21,23H,16-18H2. The summed E-state index contributed by atoms with van der Waals surface area (Å²) in [7, 11) is 0. The molecular formula is C25H23Br2NOS. The fourth-order valence-electron chi connectivity index (χ4n) is 4.06. The number of nitrogens with zero attached hydrogens (tertiary/aromatic N) is 1. The van der Waals surface area contributed by atoms with Gasteiger partial charge in [0.05, 0.1) is 6.04 Å². The summed E-state index contributed by atoms with van der Waals surface area (Å²) in [6.07, 6.45) is 0.761. The van der Waals surface area contributed by atoms with Crippen molar-refractivity contribution in [1.82, 2.24) is 0 Å². The second-order valence-electron chi connectivity index (χ2n) is 7.44. The smallest absolute Gasteiger partial charge is 0.246 e. The van der Waals surface area contributed by atoms with Crippen LogP contribution in [-0.4, -0.2) is 20.8 Å². The van der Waals surface area contributed by atoms with Crippen molar-refractivity contribution in [2.45, 2.75) is 27.8 Å². The fourth-order valence-corrected chi connectivity index (χ4v) is 6.57. The fraction of sp³-hybridized carbons (Fsp3) is 0.240. The van der Waals surface area contributed by atoms with E-state index < -0.39 is 4.75 Å². The highest BCUT2D eigenvalue weighted by Gasteiger charge is 2.62. The molecular weight excluding hydrogens is 522 g/mol. The topological polar surface area (TPSA) is 20.3 Å². The van der Waals surface area contributed by atoms with Gasteiger partial charge in [-0.25, -0.2) is 0 Å². The Bertz CT molecular complexity index is 970. The van der Waals surface area contributed by atoms with Crippen molar-refractivity contribution in [2.75, 3.05) is 10.2 Å². The molecule has 5 heteroatoms. The quantitative estimate of drug-likeness (QED) is 0.225. The largest absolute Gasteiger partial charge is 0.302 e. The van der Waals surface area contributed by atoms with Gasteiger partial charge in [-0.05, 0) is 29.7 Å². The number of hydrogen-bond acceptors (Lipinski definition) is 2. The van der Waals surface area contributed by atoms with Gasteiger partial charge in [0, 0.05) is 21.6 Å². The van der Waals surface area contributed by atoms with E-state index in [-0.39, 0.29) is 16.8 Å². The van der Waals surface area contributed by atoms with Gasteiger partial charge < -0.3 is 4.90 Å². The zero-order chi connectivity index (χ0) is 21.0. The SMILES string of the molecule is O=C1N(c2ccccc2)C(c2ccccc2)C1(CC(Br)CBr)SCc1ccccc1. The first-order chi connectivity index (χ1) is 14.7. The van der Waals surface area contributed by atoms with Crippen LogP contribution >= 0.6 is 43.6 Å². The van der Waals surface area contributed by atoms with Crippen LogP contribution in [0.4, 0.5) is 5.69 Å². The van der Waals surface area contributed by atoms with E-state index in [0.29, 0.717) is 0 Å². The van der Waals surface area contributed by atoms with Crippen molar-refractivity contribution in [3.63, 3.8) is 0 Å². The third-order valence-electron chi connectivity index (χ3n) is 5.46. The van der Waals surface area contributed by atoms with Crippen molar-refractivity contribution in [2.24, 2.45) is 0 Å². The van der Waals surface area contributed by atoms with Gasteiger partial charge in [0.25, 0.3) is 0 Å². The molecule has 2 nitrogen and oxygen atoms in total. The maximum Gasteiger partial charge on any atom is 0.246 e. The van der Waals surface area contributed by atoms with Gasteiger partial charge in [-0.2, -0.15) is 0 Å². The van der Waals surface area contributed by atoms with Gasteiger partial charge in [0.15, 0.2) is 0 Å². The number of alkyl halides is 2. The maximum absolute atomic E-state index is 13.8. The van der Waals surface area contributed by atoms with Crippen molar-refractivity contribution >= 4 is 55.2 Å². The van der Waals surface area contributed by atoms with Crippen molar-refractivity contribution in [3.05, 3.63) is 102 Å². The first-order valence-corrected chi connectivity index (χ1v) is 13.0. The molecule has 3 aromatic carbocycles. The van der Waals surface area contributed by atoms with Crippen LogP contribution in [0.3, 0.4) is 0 Å². The number of β-lactam (4-membered cyclic amide) rings is 1. The first kappa shape index (κ1) is 21.7. The Hall–Kier alpha value is -1.56. The van der Waals surface area contributed by atoms with E-state index in [1.165, 1.54) is 11.1 Å². The Labute approximate surface area is 199 Å². The number of carbonyl (C=O) groups excluding carboxylic acids is 1. The molecule has 1 amide bonds. The molecule has 0 aromatic heterocycles. The number of halogens is 2. The molecule has 4 rings (SSSR count). The summed E-state index contributed by atoms with van der Waals surface area (Å²) in [5, 5.41) is 0.806. The normalized spacial score (nSPS) is 21.9. The highest BCUT2D eigenvalue weighted by molar-refractivity contribution is 9.12. The predicted molar refractivity (Wildman–Crippen MR) is 135 cm³/mol. The maximum atomic E-state index is 13.8. The summed E-state index contributed by atoms with van der Waals surface area (Å²) in [5.41, 5.74) is 3.37. The monoisotopic (exact) mass is 543 g/mol. The average Bonchev–Trinajstić information content (AvgIpc) is 2.81. The first-order valence-electron chi connectivity index (χ1n) is 9.97. The van der Waals surface area contributed by atoms with Gasteiger partial charge in [-0.15, -0.1) is 11.8 Å². The zero-order valence-electron chi connectivity index (χ0n) is 16.5. The molecule has 3 atom stereocenters. The lowest BCUT2D eigenvalue weighted by atomic mass is 9.78. The second kappa shape index (κ2) is 9.71. The summed E-state index contributed by atoms with van der Waals surface area (Å²) in [4.78, 5) is 16.0. The Kier molecular flexibility index (Phi) is 7.01. The van der Waals surface area contributed by atoms with Gasteiger partial charge in [0.2, 0.25) is 5.91 Å². The molecule has 1 aliphatic rings. The van der Waals surface area contributed by atoms with E-state index in [0.717, 1.165) is 23.2 Å². The summed E-state index contributed by atoms with van der Waals surface area (Å²) < 4.78 is -0.519. The Balaban J connectivity index is 1.74. The second-order valence-corrected chi connectivity index (χ2v) is 10.7. The molecule has 1 saturated heterocycles. The number of anilines is 1. The lowest BCUT2D eigenvalue weighted by molar-refractivity contribution is -0.128. The van der Waals surface area contributed by atoms with E-state index in [1.54, 1.807) is 11.8 Å². The molecule has 3 unspecified atom stereocenters. The van der Waals surface area contributed by atoms with Gasteiger partial charge in [-0.3, -0.25) is 4.79 Å². The Morgan fingerprint density at radius 3 is 2.07 bits per heavy atom. The van der Waals surface area contributed by atoms with Crippen LogP contribution in [0.25, 0.3) is 0 Å². The number of para-hydroxylation sites is 1. The van der Waals surface area contributed by atoms with E-state index >= 15 is 0 Å². The van der Waals surface area contributed by atoms with Crippen LogP contribution in [0.5, 0.6) is 0 Å². The molecule has 154 valence electrons. The molecule has 0 aliphatic carbocycles. The number of rotatable bonds is 8. The number of hydrogen-bond donors (Lipinski definition) is 0. The van der Waals surface area contributed by atoms with E-state index in [4.69, 9.17) is 0 Å². The highest BCUT2D eigenvalue weighted by atomic mass is 79.9.